The molecule has 0 atom stereocenters. The van der Waals surface area contributed by atoms with Crippen LogP contribution in [0.15, 0.2) is 18.2 Å². The molecule has 0 unspecified atom stereocenters. The van der Waals surface area contributed by atoms with Crippen LogP contribution < -0.4 is 0 Å². The number of rotatable bonds is 1. The molecule has 0 radical (unpaired) electrons. The lowest BCUT2D eigenvalue weighted by molar-refractivity contribution is 0.112. The van der Waals surface area contributed by atoms with Gasteiger partial charge in [0.25, 0.3) is 0 Å². The number of carbonyl (C=O) groups is 1. The second kappa shape index (κ2) is 5.57. The van der Waals surface area contributed by atoms with Crippen molar-refractivity contribution in [2.75, 3.05) is 7.11 Å². The van der Waals surface area contributed by atoms with Crippen LogP contribution in [0.4, 0.5) is 0 Å². The van der Waals surface area contributed by atoms with Gasteiger partial charge in [0.1, 0.15) is 5.75 Å². The van der Waals surface area contributed by atoms with Crippen molar-refractivity contribution >= 4 is 17.9 Å². The van der Waals surface area contributed by atoms with Gasteiger partial charge in [0.05, 0.1) is 5.02 Å². The van der Waals surface area contributed by atoms with Gasteiger partial charge < -0.3 is 10.2 Å². The zero-order valence-corrected chi connectivity index (χ0v) is 7.25. The summed E-state index contributed by atoms with van der Waals surface area (Å²) in [4.78, 5) is 10.2. The fraction of sp³-hybridized carbons (Fsp3) is 0.125. The fourth-order valence-corrected chi connectivity index (χ4v) is 0.784. The molecule has 0 fully saturated rings. The van der Waals surface area contributed by atoms with Gasteiger partial charge >= 0.3 is 0 Å². The van der Waals surface area contributed by atoms with E-state index < -0.39 is 0 Å². The Morgan fingerprint density at radius 3 is 2.42 bits per heavy atom. The Morgan fingerprint density at radius 1 is 1.42 bits per heavy atom. The van der Waals surface area contributed by atoms with E-state index in [-0.39, 0.29) is 5.75 Å². The Morgan fingerprint density at radius 2 is 2.00 bits per heavy atom. The Kier molecular flexibility index (Phi) is 5.08. The normalized spacial score (nSPS) is 8.25. The average Bonchev–Trinajstić information content (AvgIpc) is 2.13. The van der Waals surface area contributed by atoms with Gasteiger partial charge in [-0.05, 0) is 18.2 Å². The van der Waals surface area contributed by atoms with E-state index in [1.807, 2.05) is 0 Å². The van der Waals surface area contributed by atoms with E-state index in [2.05, 4.69) is 0 Å². The summed E-state index contributed by atoms with van der Waals surface area (Å²) >= 11 is 5.55. The van der Waals surface area contributed by atoms with Crippen molar-refractivity contribution in [2.24, 2.45) is 0 Å². The fourth-order valence-electron chi connectivity index (χ4n) is 0.621. The summed E-state index contributed by atoms with van der Waals surface area (Å²) in [5, 5.41) is 16.2. The molecule has 1 aromatic carbocycles. The van der Waals surface area contributed by atoms with Gasteiger partial charge in [0, 0.05) is 12.7 Å². The minimum atomic E-state index is 0.0477. The molecule has 0 amide bonds. The number of aliphatic hydroxyl groups is 1. The van der Waals surface area contributed by atoms with Crippen molar-refractivity contribution in [3.8, 4) is 5.75 Å². The largest absolute Gasteiger partial charge is 0.508 e. The van der Waals surface area contributed by atoms with E-state index in [4.69, 9.17) is 21.8 Å². The highest BCUT2D eigenvalue weighted by Crippen LogP contribution is 2.18. The van der Waals surface area contributed by atoms with E-state index >= 15 is 0 Å². The van der Waals surface area contributed by atoms with Crippen LogP contribution in [-0.4, -0.2) is 23.6 Å². The lowest BCUT2D eigenvalue weighted by Gasteiger charge is -1.94. The van der Waals surface area contributed by atoms with E-state index in [0.29, 0.717) is 16.9 Å². The molecule has 2 N–H and O–H groups in total. The van der Waals surface area contributed by atoms with Gasteiger partial charge in [-0.1, -0.05) is 11.6 Å². The van der Waals surface area contributed by atoms with Crippen molar-refractivity contribution in [3.05, 3.63) is 28.8 Å². The second-order valence-corrected chi connectivity index (χ2v) is 2.23. The van der Waals surface area contributed by atoms with Crippen molar-refractivity contribution in [3.63, 3.8) is 0 Å². The average molecular weight is 189 g/mol. The SMILES string of the molecule is CO.O=Cc1cc(O)ccc1Cl. The predicted molar refractivity (Wildman–Crippen MR) is 46.6 cm³/mol. The number of phenolic OH excluding ortho intramolecular Hbond substituents is 1. The summed E-state index contributed by atoms with van der Waals surface area (Å²) in [5.74, 6) is 0.0477. The molecule has 0 heterocycles. The summed E-state index contributed by atoms with van der Waals surface area (Å²) in [7, 11) is 1.00. The molecule has 12 heavy (non-hydrogen) atoms. The molecule has 0 aliphatic heterocycles. The van der Waals surface area contributed by atoms with Gasteiger partial charge in [-0.25, -0.2) is 0 Å². The number of hydrogen-bond acceptors (Lipinski definition) is 3. The molecule has 0 aliphatic carbocycles. The Bertz CT molecular complexity index is 260. The van der Waals surface area contributed by atoms with Gasteiger partial charge in [-0.3, -0.25) is 4.79 Å². The lowest BCUT2D eigenvalue weighted by Crippen LogP contribution is -1.79. The van der Waals surface area contributed by atoms with Gasteiger partial charge in [0.2, 0.25) is 0 Å². The Labute approximate surface area is 75.2 Å². The summed E-state index contributed by atoms with van der Waals surface area (Å²) < 4.78 is 0. The Hall–Kier alpha value is -1.06. The molecule has 4 heteroatoms. The number of aromatic hydroxyl groups is 1. The van der Waals surface area contributed by atoms with Crippen LogP contribution in [0.25, 0.3) is 0 Å². The molecule has 1 rings (SSSR count). The topological polar surface area (TPSA) is 57.5 Å². The van der Waals surface area contributed by atoms with Gasteiger partial charge in [0.15, 0.2) is 6.29 Å². The van der Waals surface area contributed by atoms with Crippen molar-refractivity contribution in [1.82, 2.24) is 0 Å². The number of aliphatic hydroxyl groups excluding tert-OH is 1. The summed E-state index contributed by atoms with van der Waals surface area (Å²) in [6.45, 7) is 0. The number of phenols is 1. The molecule has 0 bridgehead atoms. The minimum Gasteiger partial charge on any atom is -0.508 e. The first-order valence-electron chi connectivity index (χ1n) is 3.12. The van der Waals surface area contributed by atoms with E-state index in [9.17, 15) is 4.79 Å². The first-order chi connectivity index (χ1) is 5.74. The summed E-state index contributed by atoms with van der Waals surface area (Å²) in [5.41, 5.74) is 0.307. The van der Waals surface area contributed by atoms with E-state index in [0.717, 1.165) is 7.11 Å². The maximum Gasteiger partial charge on any atom is 0.151 e. The molecule has 3 nitrogen and oxygen atoms in total. The lowest BCUT2D eigenvalue weighted by atomic mass is 10.2. The number of carbonyl (C=O) groups excluding carboxylic acids is 1. The van der Waals surface area contributed by atoms with Crippen LogP contribution in [0.3, 0.4) is 0 Å². The highest BCUT2D eigenvalue weighted by molar-refractivity contribution is 6.32. The molecule has 0 aromatic heterocycles. The van der Waals surface area contributed by atoms with E-state index in [1.165, 1.54) is 18.2 Å². The molecule has 1 aromatic rings. The maximum atomic E-state index is 10.2. The minimum absolute atomic E-state index is 0.0477. The Balaban J connectivity index is 0.000000561. The number of hydrogen-bond donors (Lipinski definition) is 2. The third-order valence-corrected chi connectivity index (χ3v) is 1.45. The maximum absolute atomic E-state index is 10.2. The molecule has 0 spiro atoms. The summed E-state index contributed by atoms with van der Waals surface area (Å²) in [6.07, 6.45) is 0.599. The number of halogens is 1. The molecule has 0 aliphatic rings. The third-order valence-electron chi connectivity index (χ3n) is 1.11. The number of benzene rings is 1. The van der Waals surface area contributed by atoms with Crippen molar-refractivity contribution < 1.29 is 15.0 Å². The second-order valence-electron chi connectivity index (χ2n) is 1.82. The number of aldehydes is 1. The summed E-state index contributed by atoms with van der Waals surface area (Å²) in [6, 6.07) is 4.21. The van der Waals surface area contributed by atoms with Crippen LogP contribution in [0.2, 0.25) is 5.02 Å². The molecule has 0 saturated carbocycles. The molecule has 0 saturated heterocycles. The van der Waals surface area contributed by atoms with Gasteiger partial charge in [-0.2, -0.15) is 0 Å². The molecular weight excluding hydrogens is 180 g/mol. The highest BCUT2D eigenvalue weighted by atomic mass is 35.5. The van der Waals surface area contributed by atoms with E-state index in [1.54, 1.807) is 0 Å². The standard InChI is InChI=1S/C7H5ClO2.CH4O/c8-7-2-1-6(10)3-5(7)4-9;1-2/h1-4,10H;2H,1H3. The first-order valence-corrected chi connectivity index (χ1v) is 3.50. The van der Waals surface area contributed by atoms with Gasteiger partial charge in [-0.15, -0.1) is 0 Å². The van der Waals surface area contributed by atoms with Crippen LogP contribution >= 0.6 is 11.6 Å². The molecular formula is C8H9ClO3. The zero-order chi connectivity index (χ0) is 9.56. The van der Waals surface area contributed by atoms with Crippen molar-refractivity contribution in [2.45, 2.75) is 0 Å². The zero-order valence-electron chi connectivity index (χ0n) is 6.49. The quantitative estimate of drug-likeness (QED) is 0.657. The first kappa shape index (κ1) is 10.9. The third kappa shape index (κ3) is 2.90. The van der Waals surface area contributed by atoms with Crippen LogP contribution in [0, 0.1) is 0 Å². The smallest absolute Gasteiger partial charge is 0.151 e. The molecule has 66 valence electrons. The predicted octanol–water partition coefficient (Wildman–Crippen LogP) is 1.47. The van der Waals surface area contributed by atoms with Crippen LogP contribution in [0.5, 0.6) is 5.75 Å². The van der Waals surface area contributed by atoms with Crippen LogP contribution in [-0.2, 0) is 0 Å². The van der Waals surface area contributed by atoms with Crippen molar-refractivity contribution in [1.29, 1.82) is 0 Å². The monoisotopic (exact) mass is 188 g/mol. The van der Waals surface area contributed by atoms with Crippen LogP contribution in [0.1, 0.15) is 10.4 Å². The highest BCUT2D eigenvalue weighted by Gasteiger charge is 1.97.